The molecule has 1 aliphatic carbocycles. The summed E-state index contributed by atoms with van der Waals surface area (Å²) in [6.45, 7) is 0.634. The Balaban J connectivity index is 0.00000208. The number of nitrogens with two attached hydrogens (primary N) is 1. The van der Waals surface area contributed by atoms with Gasteiger partial charge in [0, 0.05) is 31.0 Å². The Hall–Kier alpha value is -2.08. The third kappa shape index (κ3) is 5.53. The summed E-state index contributed by atoms with van der Waals surface area (Å²) < 4.78 is 5.19. The molecule has 1 fully saturated rings. The van der Waals surface area contributed by atoms with Crippen molar-refractivity contribution in [1.82, 2.24) is 15.5 Å². The highest BCUT2D eigenvalue weighted by Gasteiger charge is 2.28. The van der Waals surface area contributed by atoms with Gasteiger partial charge in [-0.25, -0.2) is 0 Å². The molecule has 130 valence electrons. The lowest BCUT2D eigenvalue weighted by molar-refractivity contribution is -0.121. The second kappa shape index (κ2) is 8.68. The lowest BCUT2D eigenvalue weighted by Crippen LogP contribution is -2.25. The standard InChI is InChI=1S/C17H22N4O2.ClH/c18-14-8-4-12(5-9-14)10-11-19-15(22)2-1-3-16-20-17(21-23-16)13-6-7-13;/h4-5,8-9,13H,1-3,6-7,10-11,18H2,(H,19,22);1H. The van der Waals surface area contributed by atoms with E-state index in [0.717, 1.165) is 42.8 Å². The average molecular weight is 351 g/mol. The molecule has 0 bridgehead atoms. The molecule has 6 nitrogen and oxygen atoms in total. The number of rotatable bonds is 8. The number of aryl methyl sites for hydroxylation is 1. The highest BCUT2D eigenvalue weighted by molar-refractivity contribution is 5.85. The van der Waals surface area contributed by atoms with Crippen molar-refractivity contribution in [1.29, 1.82) is 0 Å². The second-order valence-electron chi connectivity index (χ2n) is 6.02. The Morgan fingerprint density at radius 3 is 2.71 bits per heavy atom. The van der Waals surface area contributed by atoms with Gasteiger partial charge in [0.2, 0.25) is 11.8 Å². The summed E-state index contributed by atoms with van der Waals surface area (Å²) in [6, 6.07) is 7.71. The molecule has 1 heterocycles. The molecule has 0 unspecified atom stereocenters. The lowest BCUT2D eigenvalue weighted by Gasteiger charge is -2.05. The molecule has 0 atom stereocenters. The van der Waals surface area contributed by atoms with Crippen LogP contribution in [-0.2, 0) is 17.6 Å². The molecule has 0 saturated heterocycles. The van der Waals surface area contributed by atoms with E-state index in [4.69, 9.17) is 10.3 Å². The first-order valence-corrected chi connectivity index (χ1v) is 8.14. The summed E-state index contributed by atoms with van der Waals surface area (Å²) in [5, 5.41) is 6.90. The SMILES string of the molecule is Cl.Nc1ccc(CCNC(=O)CCCc2nc(C3CC3)no2)cc1. The third-order valence-corrected chi connectivity index (χ3v) is 3.94. The highest BCUT2D eigenvalue weighted by Crippen LogP contribution is 2.38. The number of carbonyl (C=O) groups excluding carboxylic acids is 1. The predicted octanol–water partition coefficient (Wildman–Crippen LogP) is 2.63. The summed E-state index contributed by atoms with van der Waals surface area (Å²) in [7, 11) is 0. The molecule has 1 aromatic carbocycles. The molecule has 24 heavy (non-hydrogen) atoms. The van der Waals surface area contributed by atoms with Gasteiger partial charge in [0.1, 0.15) is 0 Å². The van der Waals surface area contributed by atoms with Crippen LogP contribution in [0.4, 0.5) is 5.69 Å². The number of aromatic nitrogens is 2. The smallest absolute Gasteiger partial charge is 0.226 e. The first kappa shape index (κ1) is 18.3. The van der Waals surface area contributed by atoms with E-state index >= 15 is 0 Å². The van der Waals surface area contributed by atoms with Crippen molar-refractivity contribution in [3.63, 3.8) is 0 Å². The van der Waals surface area contributed by atoms with Gasteiger partial charge in [0.25, 0.3) is 0 Å². The van der Waals surface area contributed by atoms with E-state index in [1.54, 1.807) is 0 Å². The van der Waals surface area contributed by atoms with Gasteiger partial charge in [0.05, 0.1) is 0 Å². The Bertz CT molecular complexity index is 653. The lowest BCUT2D eigenvalue weighted by atomic mass is 10.1. The van der Waals surface area contributed by atoms with E-state index in [0.29, 0.717) is 31.2 Å². The molecule has 1 saturated carbocycles. The molecule has 0 aliphatic heterocycles. The van der Waals surface area contributed by atoms with Gasteiger partial charge in [-0.3, -0.25) is 4.79 Å². The summed E-state index contributed by atoms with van der Waals surface area (Å²) in [4.78, 5) is 16.2. The van der Waals surface area contributed by atoms with Gasteiger partial charge in [-0.05, 0) is 43.4 Å². The molecule has 7 heteroatoms. The maximum atomic E-state index is 11.8. The molecule has 3 rings (SSSR count). The average Bonchev–Trinajstić information content (AvgIpc) is 3.29. The van der Waals surface area contributed by atoms with Gasteiger partial charge in [-0.2, -0.15) is 4.98 Å². The number of anilines is 1. The molecule has 1 amide bonds. The monoisotopic (exact) mass is 350 g/mol. The summed E-state index contributed by atoms with van der Waals surface area (Å²) in [5.74, 6) is 2.03. The molecule has 3 N–H and O–H groups in total. The van der Waals surface area contributed by atoms with Crippen molar-refractivity contribution in [2.24, 2.45) is 0 Å². The largest absolute Gasteiger partial charge is 0.399 e. The fourth-order valence-electron chi connectivity index (χ4n) is 2.40. The van der Waals surface area contributed by atoms with Crippen molar-refractivity contribution in [3.05, 3.63) is 41.5 Å². The molecule has 0 spiro atoms. The Morgan fingerprint density at radius 2 is 2.00 bits per heavy atom. The second-order valence-corrected chi connectivity index (χ2v) is 6.02. The third-order valence-electron chi connectivity index (χ3n) is 3.94. The van der Waals surface area contributed by atoms with Crippen molar-refractivity contribution < 1.29 is 9.32 Å². The van der Waals surface area contributed by atoms with Crippen molar-refractivity contribution in [2.45, 2.75) is 44.4 Å². The maximum absolute atomic E-state index is 11.8. The number of carbonyl (C=O) groups is 1. The van der Waals surface area contributed by atoms with Crippen LogP contribution in [0, 0.1) is 0 Å². The van der Waals surface area contributed by atoms with Crippen LogP contribution < -0.4 is 11.1 Å². The normalized spacial score (nSPS) is 13.3. The summed E-state index contributed by atoms with van der Waals surface area (Å²) >= 11 is 0. The van der Waals surface area contributed by atoms with Crippen LogP contribution in [0.1, 0.15) is 48.9 Å². The minimum atomic E-state index is 0. The number of amides is 1. The van der Waals surface area contributed by atoms with E-state index < -0.39 is 0 Å². The van der Waals surface area contributed by atoms with E-state index in [1.165, 1.54) is 0 Å². The fraction of sp³-hybridized carbons (Fsp3) is 0.471. The van der Waals surface area contributed by atoms with Crippen molar-refractivity contribution >= 4 is 24.0 Å². The molecule has 1 aromatic heterocycles. The minimum absolute atomic E-state index is 0. The van der Waals surface area contributed by atoms with Crippen LogP contribution in [0.5, 0.6) is 0 Å². The van der Waals surface area contributed by atoms with Crippen molar-refractivity contribution in [2.75, 3.05) is 12.3 Å². The quantitative estimate of drug-likeness (QED) is 0.714. The van der Waals surface area contributed by atoms with E-state index in [1.807, 2.05) is 24.3 Å². The first-order valence-electron chi connectivity index (χ1n) is 8.14. The fourth-order valence-corrected chi connectivity index (χ4v) is 2.40. The number of hydrogen-bond acceptors (Lipinski definition) is 5. The molecule has 1 aliphatic rings. The zero-order valence-corrected chi connectivity index (χ0v) is 14.3. The topological polar surface area (TPSA) is 94.0 Å². The Labute approximate surface area is 147 Å². The number of benzene rings is 1. The van der Waals surface area contributed by atoms with Crippen LogP contribution in [-0.4, -0.2) is 22.6 Å². The molecule has 0 radical (unpaired) electrons. The first-order chi connectivity index (χ1) is 11.2. The van der Waals surface area contributed by atoms with Crippen LogP contribution in [0.25, 0.3) is 0 Å². The number of nitrogen functional groups attached to an aromatic ring is 1. The highest BCUT2D eigenvalue weighted by atomic mass is 35.5. The van der Waals surface area contributed by atoms with Crippen molar-refractivity contribution in [3.8, 4) is 0 Å². The van der Waals surface area contributed by atoms with Gasteiger partial charge in [-0.1, -0.05) is 17.3 Å². The Kier molecular flexibility index (Phi) is 6.61. The van der Waals surface area contributed by atoms with Crippen LogP contribution in [0.3, 0.4) is 0 Å². The number of nitrogens with zero attached hydrogens (tertiary/aromatic N) is 2. The summed E-state index contributed by atoms with van der Waals surface area (Å²) in [5.41, 5.74) is 7.56. The Morgan fingerprint density at radius 1 is 1.25 bits per heavy atom. The number of hydrogen-bond donors (Lipinski definition) is 2. The van der Waals surface area contributed by atoms with Gasteiger partial charge >= 0.3 is 0 Å². The molecule has 2 aromatic rings. The van der Waals surface area contributed by atoms with E-state index in [-0.39, 0.29) is 18.3 Å². The predicted molar refractivity (Wildman–Crippen MR) is 94.0 cm³/mol. The zero-order chi connectivity index (χ0) is 16.1. The van der Waals surface area contributed by atoms with E-state index in [2.05, 4.69) is 15.5 Å². The van der Waals surface area contributed by atoms with Crippen LogP contribution >= 0.6 is 12.4 Å². The van der Waals surface area contributed by atoms with Gasteiger partial charge in [-0.15, -0.1) is 12.4 Å². The maximum Gasteiger partial charge on any atom is 0.226 e. The number of halogens is 1. The summed E-state index contributed by atoms with van der Waals surface area (Å²) in [6.07, 6.45) is 4.99. The zero-order valence-electron chi connectivity index (χ0n) is 13.5. The number of nitrogens with one attached hydrogen (secondary N) is 1. The van der Waals surface area contributed by atoms with Gasteiger partial charge < -0.3 is 15.6 Å². The molecular formula is C17H23ClN4O2. The van der Waals surface area contributed by atoms with Crippen LogP contribution in [0.15, 0.2) is 28.8 Å². The van der Waals surface area contributed by atoms with Gasteiger partial charge in [0.15, 0.2) is 5.82 Å². The minimum Gasteiger partial charge on any atom is -0.399 e. The van der Waals surface area contributed by atoms with Crippen LogP contribution in [0.2, 0.25) is 0 Å². The molecular weight excluding hydrogens is 328 g/mol. The van der Waals surface area contributed by atoms with E-state index in [9.17, 15) is 4.79 Å².